The molecule has 0 spiro atoms. The number of aryl methyl sites for hydroxylation is 1. The lowest BCUT2D eigenvalue weighted by Gasteiger charge is -2.10. The maximum Gasteiger partial charge on any atom is 0.358 e. The monoisotopic (exact) mass is 211 g/mol. The normalized spacial score (nSPS) is 17.9. The molecule has 0 amide bonds. The van der Waals surface area contributed by atoms with Crippen LogP contribution >= 0.6 is 11.3 Å². The Morgan fingerprint density at radius 3 is 2.93 bits per heavy atom. The fraction of sp³-hybridized carbons (Fsp3) is 0.600. The molecule has 1 heterocycles. The number of nitrogens with zero attached hydrogens (tertiary/aromatic N) is 1. The third kappa shape index (κ3) is 2.12. The van der Waals surface area contributed by atoms with Crippen LogP contribution in [0, 0.1) is 12.8 Å². The summed E-state index contributed by atoms with van der Waals surface area (Å²) in [7, 11) is 0. The molecule has 1 aliphatic rings. The summed E-state index contributed by atoms with van der Waals surface area (Å²) in [4.78, 5) is 15.6. The van der Waals surface area contributed by atoms with Crippen molar-refractivity contribution in [2.75, 3.05) is 0 Å². The van der Waals surface area contributed by atoms with Gasteiger partial charge in [0.2, 0.25) is 0 Å². The zero-order valence-corrected chi connectivity index (χ0v) is 9.13. The Balaban J connectivity index is 1.94. The van der Waals surface area contributed by atoms with Crippen molar-refractivity contribution in [3.05, 3.63) is 16.1 Å². The van der Waals surface area contributed by atoms with Crippen LogP contribution in [0.1, 0.15) is 35.3 Å². The molecule has 76 valence electrons. The lowest BCUT2D eigenvalue weighted by Crippen LogP contribution is -2.17. The number of aromatic nitrogens is 1. The molecule has 0 saturated heterocycles. The summed E-state index contributed by atoms with van der Waals surface area (Å²) in [6.45, 7) is 3.83. The van der Waals surface area contributed by atoms with Crippen molar-refractivity contribution in [2.45, 2.75) is 32.8 Å². The Morgan fingerprint density at radius 2 is 2.43 bits per heavy atom. The summed E-state index contributed by atoms with van der Waals surface area (Å²) in [6, 6.07) is 0. The van der Waals surface area contributed by atoms with Gasteiger partial charge in [-0.15, -0.1) is 11.3 Å². The van der Waals surface area contributed by atoms with Gasteiger partial charge in [-0.05, 0) is 32.6 Å². The van der Waals surface area contributed by atoms with E-state index in [4.69, 9.17) is 4.74 Å². The molecular formula is C10H13NO2S. The molecule has 1 unspecified atom stereocenters. The topological polar surface area (TPSA) is 39.2 Å². The van der Waals surface area contributed by atoms with E-state index in [0.717, 1.165) is 5.01 Å². The molecule has 14 heavy (non-hydrogen) atoms. The molecular weight excluding hydrogens is 198 g/mol. The fourth-order valence-electron chi connectivity index (χ4n) is 1.35. The molecule has 1 aromatic rings. The lowest BCUT2D eigenvalue weighted by molar-refractivity contribution is 0.0288. The molecule has 0 radical (unpaired) electrons. The molecule has 1 aliphatic carbocycles. The van der Waals surface area contributed by atoms with Gasteiger partial charge in [0.25, 0.3) is 0 Å². The molecule has 3 nitrogen and oxygen atoms in total. The van der Waals surface area contributed by atoms with E-state index in [9.17, 15) is 4.79 Å². The predicted octanol–water partition coefficient (Wildman–Crippen LogP) is 2.41. The van der Waals surface area contributed by atoms with Gasteiger partial charge in [0.05, 0.1) is 5.01 Å². The first kappa shape index (κ1) is 9.65. The number of esters is 1. The van der Waals surface area contributed by atoms with Crippen molar-refractivity contribution in [3.8, 4) is 0 Å². The maximum absolute atomic E-state index is 11.5. The first-order valence-corrected chi connectivity index (χ1v) is 5.68. The SMILES string of the molecule is Cc1nc(C(=O)OC(C)C2CC2)cs1. The summed E-state index contributed by atoms with van der Waals surface area (Å²) in [5, 5.41) is 2.65. The first-order chi connectivity index (χ1) is 6.66. The standard InChI is InChI=1S/C10H13NO2S/c1-6(8-3-4-8)13-10(12)9-5-14-7(2)11-9/h5-6,8H,3-4H2,1-2H3. The molecule has 0 N–H and O–H groups in total. The average molecular weight is 211 g/mol. The van der Waals surface area contributed by atoms with E-state index in [1.807, 2.05) is 13.8 Å². The number of hydrogen-bond donors (Lipinski definition) is 0. The van der Waals surface area contributed by atoms with Crippen molar-refractivity contribution in [1.82, 2.24) is 4.98 Å². The van der Waals surface area contributed by atoms with Gasteiger partial charge in [-0.25, -0.2) is 9.78 Å². The molecule has 2 rings (SSSR count). The summed E-state index contributed by atoms with van der Waals surface area (Å²) in [5.74, 6) is 0.299. The predicted molar refractivity (Wildman–Crippen MR) is 54.5 cm³/mol. The summed E-state index contributed by atoms with van der Waals surface area (Å²) >= 11 is 1.47. The van der Waals surface area contributed by atoms with E-state index in [2.05, 4.69) is 4.98 Å². The van der Waals surface area contributed by atoms with E-state index in [1.54, 1.807) is 5.38 Å². The molecule has 0 bridgehead atoms. The molecule has 0 aromatic carbocycles. The zero-order chi connectivity index (χ0) is 10.1. The Kier molecular flexibility index (Phi) is 2.54. The lowest BCUT2D eigenvalue weighted by atomic mass is 10.3. The van der Waals surface area contributed by atoms with E-state index < -0.39 is 0 Å². The van der Waals surface area contributed by atoms with Crippen LogP contribution in [0.4, 0.5) is 0 Å². The van der Waals surface area contributed by atoms with Crippen molar-refractivity contribution in [1.29, 1.82) is 0 Å². The molecule has 1 atom stereocenters. The maximum atomic E-state index is 11.5. The second kappa shape index (κ2) is 3.69. The largest absolute Gasteiger partial charge is 0.458 e. The number of thiazole rings is 1. The minimum Gasteiger partial charge on any atom is -0.458 e. The number of hydrogen-bond acceptors (Lipinski definition) is 4. The molecule has 1 fully saturated rings. The Labute approximate surface area is 87.1 Å². The second-order valence-electron chi connectivity index (χ2n) is 3.70. The van der Waals surface area contributed by atoms with Gasteiger partial charge in [-0.2, -0.15) is 0 Å². The van der Waals surface area contributed by atoms with E-state index in [1.165, 1.54) is 24.2 Å². The van der Waals surface area contributed by atoms with Gasteiger partial charge < -0.3 is 4.74 Å². The summed E-state index contributed by atoms with van der Waals surface area (Å²) in [6.07, 6.45) is 2.42. The van der Waals surface area contributed by atoms with Crippen LogP contribution in [0.15, 0.2) is 5.38 Å². The van der Waals surface area contributed by atoms with Crippen molar-refractivity contribution in [2.24, 2.45) is 5.92 Å². The molecule has 0 aliphatic heterocycles. The highest BCUT2D eigenvalue weighted by molar-refractivity contribution is 7.09. The van der Waals surface area contributed by atoms with E-state index >= 15 is 0 Å². The van der Waals surface area contributed by atoms with Crippen LogP contribution in [0.3, 0.4) is 0 Å². The van der Waals surface area contributed by atoms with Gasteiger partial charge in [-0.1, -0.05) is 0 Å². The van der Waals surface area contributed by atoms with Gasteiger partial charge in [0, 0.05) is 5.38 Å². The highest BCUT2D eigenvalue weighted by Gasteiger charge is 2.31. The second-order valence-corrected chi connectivity index (χ2v) is 4.76. The van der Waals surface area contributed by atoms with Crippen LogP contribution in [0.5, 0.6) is 0 Å². The number of carbonyl (C=O) groups excluding carboxylic acids is 1. The minimum absolute atomic E-state index is 0.0458. The third-order valence-corrected chi connectivity index (χ3v) is 3.18. The fourth-order valence-corrected chi connectivity index (χ4v) is 1.93. The first-order valence-electron chi connectivity index (χ1n) is 4.80. The van der Waals surface area contributed by atoms with Crippen LogP contribution < -0.4 is 0 Å². The molecule has 1 saturated carbocycles. The van der Waals surface area contributed by atoms with Crippen molar-refractivity contribution >= 4 is 17.3 Å². The Hall–Kier alpha value is -0.900. The number of carbonyl (C=O) groups is 1. The summed E-state index contributed by atoms with van der Waals surface area (Å²) < 4.78 is 5.28. The average Bonchev–Trinajstić information content (AvgIpc) is 2.89. The smallest absolute Gasteiger partial charge is 0.358 e. The molecule has 1 aromatic heterocycles. The minimum atomic E-state index is -0.284. The number of ether oxygens (including phenoxy) is 1. The van der Waals surface area contributed by atoms with Crippen LogP contribution in [0.25, 0.3) is 0 Å². The van der Waals surface area contributed by atoms with Gasteiger partial charge >= 0.3 is 5.97 Å². The Morgan fingerprint density at radius 1 is 1.71 bits per heavy atom. The quantitative estimate of drug-likeness (QED) is 0.721. The van der Waals surface area contributed by atoms with Crippen molar-refractivity contribution < 1.29 is 9.53 Å². The highest BCUT2D eigenvalue weighted by Crippen LogP contribution is 2.34. The zero-order valence-electron chi connectivity index (χ0n) is 8.32. The number of rotatable bonds is 3. The van der Waals surface area contributed by atoms with Crippen LogP contribution in [0.2, 0.25) is 0 Å². The van der Waals surface area contributed by atoms with Crippen molar-refractivity contribution in [3.63, 3.8) is 0 Å². The van der Waals surface area contributed by atoms with Gasteiger partial charge in [0.1, 0.15) is 6.10 Å². The summed E-state index contributed by atoms with van der Waals surface area (Å²) in [5.41, 5.74) is 0.444. The van der Waals surface area contributed by atoms with E-state index in [-0.39, 0.29) is 12.1 Å². The van der Waals surface area contributed by atoms with Crippen LogP contribution in [-0.2, 0) is 4.74 Å². The highest BCUT2D eigenvalue weighted by atomic mass is 32.1. The Bertz CT molecular complexity index is 344. The van der Waals surface area contributed by atoms with E-state index in [0.29, 0.717) is 11.6 Å². The molecule has 4 heteroatoms. The van der Waals surface area contributed by atoms with Crippen LogP contribution in [-0.4, -0.2) is 17.1 Å². The van der Waals surface area contributed by atoms with Gasteiger partial charge in [0.15, 0.2) is 5.69 Å². The van der Waals surface area contributed by atoms with Gasteiger partial charge in [-0.3, -0.25) is 0 Å². The third-order valence-electron chi connectivity index (χ3n) is 2.41.